The van der Waals surface area contributed by atoms with Gasteiger partial charge in [0.05, 0.1) is 0 Å². The predicted molar refractivity (Wildman–Crippen MR) is 119 cm³/mol. The van der Waals surface area contributed by atoms with E-state index in [9.17, 15) is 0 Å². The van der Waals surface area contributed by atoms with E-state index >= 15 is 0 Å². The van der Waals surface area contributed by atoms with E-state index in [0.29, 0.717) is 21.6 Å². The fraction of sp³-hybridized carbons (Fsp3) is 1.00. The molecule has 0 spiro atoms. The first-order valence-corrected chi connectivity index (χ1v) is 21.4. The monoisotopic (exact) mass is 400 g/mol. The van der Waals surface area contributed by atoms with Crippen molar-refractivity contribution < 1.29 is 0 Å². The average Bonchev–Trinajstić information content (AvgIpc) is 2.62. The third-order valence-corrected chi connectivity index (χ3v) is 55.6. The van der Waals surface area contributed by atoms with Crippen LogP contribution in [-0.2, 0) is 0 Å². The molecule has 1 aliphatic heterocycles. The minimum absolute atomic E-state index is 0.515. The highest BCUT2D eigenvalue weighted by Crippen LogP contribution is 3.09. The summed E-state index contributed by atoms with van der Waals surface area (Å²) in [6.07, 6.45) is 24.1. The van der Waals surface area contributed by atoms with Gasteiger partial charge in [-0.25, -0.2) is 0 Å². The van der Waals surface area contributed by atoms with Crippen molar-refractivity contribution in [3.05, 3.63) is 0 Å². The van der Waals surface area contributed by atoms with Gasteiger partial charge in [0, 0.05) is 0 Å². The minimum Gasteiger partial charge on any atom is -0.0806 e. The first-order chi connectivity index (χ1) is 11.7. The minimum atomic E-state index is -0.873. The van der Waals surface area contributed by atoms with Gasteiger partial charge in [-0.3, -0.25) is 0 Å². The Labute approximate surface area is 155 Å². The topological polar surface area (TPSA) is 0 Å². The molecule has 0 aromatic heterocycles. The Morgan fingerprint density at radius 1 is 0.500 bits per heavy atom. The van der Waals surface area contributed by atoms with Crippen LogP contribution < -0.4 is 0 Å². The second kappa shape index (κ2) is 8.25. The molecule has 1 saturated heterocycles. The van der Waals surface area contributed by atoms with Crippen LogP contribution in [0.1, 0.15) is 96.3 Å². The van der Waals surface area contributed by atoms with Crippen molar-refractivity contribution in [1.82, 2.24) is 0 Å². The van der Waals surface area contributed by atoms with E-state index in [-0.39, 0.29) is 0 Å². The van der Waals surface area contributed by atoms with Crippen LogP contribution in [0.15, 0.2) is 0 Å². The van der Waals surface area contributed by atoms with E-state index < -0.39 is 7.41 Å². The summed E-state index contributed by atoms with van der Waals surface area (Å²) in [5.74, 6) is 0. The molecule has 0 radical (unpaired) electrons. The first kappa shape index (κ1) is 18.9. The maximum absolute atomic E-state index is 2.91. The molecule has 2 atom stereocenters. The Balaban J connectivity index is 1.56. The Bertz CT molecular complexity index is 381. The van der Waals surface area contributed by atoms with Crippen molar-refractivity contribution in [3.8, 4) is 0 Å². The van der Waals surface area contributed by atoms with Gasteiger partial charge >= 0.3 is 0 Å². The molecule has 4 aliphatic rings. The maximum Gasteiger partial charge on any atom is 0.112 e. The lowest BCUT2D eigenvalue weighted by Gasteiger charge is -2.66. The molecule has 1 heterocycles. The van der Waals surface area contributed by atoms with E-state index in [2.05, 4.69) is 13.1 Å². The molecule has 0 nitrogen and oxygen atoms in total. The Hall–Kier alpha value is 1.51. The maximum atomic E-state index is 2.91. The summed E-state index contributed by atoms with van der Waals surface area (Å²) < 4.78 is 0. The highest BCUT2D eigenvalue weighted by molar-refractivity contribution is 8.91. The van der Waals surface area contributed by atoms with Crippen molar-refractivity contribution >= 4 is 29.0 Å². The van der Waals surface area contributed by atoms with Crippen LogP contribution in [0.5, 0.6) is 0 Å². The molecule has 2 unspecified atom stereocenters. The summed E-state index contributed by atoms with van der Waals surface area (Å²) in [5.41, 5.74) is 3.77. The van der Waals surface area contributed by atoms with E-state index in [0.717, 1.165) is 0 Å². The summed E-state index contributed by atoms with van der Waals surface area (Å²) in [4.78, 5) is 0. The van der Waals surface area contributed by atoms with Gasteiger partial charge in [0.15, 0.2) is 0 Å². The molecule has 0 aromatic rings. The third kappa shape index (κ3) is 3.60. The highest BCUT2D eigenvalue weighted by Gasteiger charge is 2.62. The normalized spacial score (nSPS) is 39.5. The van der Waals surface area contributed by atoms with E-state index in [1.54, 1.807) is 96.3 Å². The quantitative estimate of drug-likeness (QED) is 0.327. The molecular weight excluding hydrogens is 361 g/mol. The zero-order valence-electron chi connectivity index (χ0n) is 16.2. The zero-order chi connectivity index (χ0) is 16.6. The summed E-state index contributed by atoms with van der Waals surface area (Å²) in [7, 11) is 0.688. The van der Waals surface area contributed by atoms with Crippen molar-refractivity contribution in [1.29, 1.82) is 0 Å². The van der Waals surface area contributed by atoms with Crippen LogP contribution >= 0.6 is 21.6 Å². The Morgan fingerprint density at radius 3 is 1.21 bits per heavy atom. The fourth-order valence-electron chi connectivity index (χ4n) is 6.22. The van der Waals surface area contributed by atoms with Crippen LogP contribution in [0, 0.1) is 0 Å². The van der Waals surface area contributed by atoms with Gasteiger partial charge in [0.25, 0.3) is 0 Å². The molecular formula is C20H39P3Si. The van der Waals surface area contributed by atoms with Crippen molar-refractivity contribution in [3.63, 3.8) is 0 Å². The molecule has 138 valence electrons. The van der Waals surface area contributed by atoms with Gasteiger partial charge in [-0.15, -0.1) is 0 Å². The van der Waals surface area contributed by atoms with Crippen LogP contribution in [0.25, 0.3) is 0 Å². The first-order valence-electron chi connectivity index (χ1n) is 11.1. The molecule has 3 aliphatic carbocycles. The summed E-state index contributed by atoms with van der Waals surface area (Å²) in [5, 5.41) is 0. The molecule has 0 bridgehead atoms. The predicted octanol–water partition coefficient (Wildman–Crippen LogP) is 8.98. The Kier molecular flexibility index (Phi) is 6.48. The smallest absolute Gasteiger partial charge is 0.0806 e. The van der Waals surface area contributed by atoms with Crippen molar-refractivity contribution in [2.24, 2.45) is 0 Å². The van der Waals surface area contributed by atoms with Crippen LogP contribution in [0.2, 0.25) is 13.1 Å². The van der Waals surface area contributed by atoms with Crippen LogP contribution in [0.4, 0.5) is 0 Å². The molecule has 4 heteroatoms. The molecule has 0 N–H and O–H groups in total. The van der Waals surface area contributed by atoms with Gasteiger partial charge in [-0.1, -0.05) is 92.5 Å². The third-order valence-electron chi connectivity index (χ3n) is 7.31. The second-order valence-electron chi connectivity index (χ2n) is 9.38. The molecule has 4 rings (SSSR count). The lowest BCUT2D eigenvalue weighted by Crippen LogP contribution is -2.40. The van der Waals surface area contributed by atoms with Crippen LogP contribution in [0.3, 0.4) is 0 Å². The Morgan fingerprint density at radius 2 is 0.833 bits per heavy atom. The van der Waals surface area contributed by atoms with Crippen molar-refractivity contribution in [2.45, 2.75) is 126 Å². The largest absolute Gasteiger partial charge is 0.112 e. The van der Waals surface area contributed by atoms with Gasteiger partial charge in [0.2, 0.25) is 0 Å². The standard InChI is InChI=1S/C20H39P3Si/c1-24(2)22(19-14-8-4-9-15-19)21(18-12-6-3-7-13-18)23(24)20-16-10-5-11-17-20/h18-20H,3-17H2,1-2H3. The number of rotatable bonds is 3. The van der Waals surface area contributed by atoms with Gasteiger partial charge in [-0.2, -0.15) is 0 Å². The van der Waals surface area contributed by atoms with Gasteiger partial charge in [0.1, 0.15) is 7.41 Å². The summed E-state index contributed by atoms with van der Waals surface area (Å²) in [6.45, 7) is 5.82. The average molecular weight is 401 g/mol. The fourth-order valence-corrected chi connectivity index (χ4v) is 72.1. The lowest BCUT2D eigenvalue weighted by atomic mass is 10.0. The van der Waals surface area contributed by atoms with E-state index in [1.165, 1.54) is 17.0 Å². The molecule has 24 heavy (non-hydrogen) atoms. The number of hydrogen-bond donors (Lipinski definition) is 0. The second-order valence-corrected chi connectivity index (χ2v) is 35.6. The molecule has 3 saturated carbocycles. The summed E-state index contributed by atoms with van der Waals surface area (Å²) in [6, 6.07) is 0. The molecule has 4 fully saturated rings. The SMILES string of the molecule is C[Si]1(C)P(C2CCCCC2)P(C2CCCCC2)P1C1CCCCC1. The van der Waals surface area contributed by atoms with Crippen LogP contribution in [-0.4, -0.2) is 24.4 Å². The lowest BCUT2D eigenvalue weighted by molar-refractivity contribution is 0.507. The molecule has 0 aromatic carbocycles. The van der Waals surface area contributed by atoms with Crippen molar-refractivity contribution in [2.75, 3.05) is 0 Å². The van der Waals surface area contributed by atoms with Gasteiger partial charge < -0.3 is 0 Å². The van der Waals surface area contributed by atoms with Gasteiger partial charge in [-0.05, 0) is 55.5 Å². The van der Waals surface area contributed by atoms with E-state index in [1.807, 2.05) is 0 Å². The zero-order valence-corrected chi connectivity index (χ0v) is 19.9. The number of hydrogen-bond acceptors (Lipinski definition) is 0. The highest BCUT2D eigenvalue weighted by atomic mass is 32.7. The summed E-state index contributed by atoms with van der Waals surface area (Å²) >= 11 is 0. The van der Waals surface area contributed by atoms with E-state index in [4.69, 9.17) is 0 Å². The molecule has 0 amide bonds.